The van der Waals surface area contributed by atoms with Gasteiger partial charge in [0.05, 0.1) is 18.9 Å². The van der Waals surface area contributed by atoms with Gasteiger partial charge in [-0.3, -0.25) is 19.0 Å². The van der Waals surface area contributed by atoms with Crippen LogP contribution in [0.5, 0.6) is 5.75 Å². The molecule has 0 saturated heterocycles. The molecule has 1 atom stereocenters. The number of anilines is 2. The number of oxazole rings is 1. The number of aromatic nitrogens is 1. The number of aliphatic carboxylic acids is 1. The van der Waals surface area contributed by atoms with Gasteiger partial charge in [-0.15, -0.1) is 0 Å². The molecule has 1 fully saturated rings. The van der Waals surface area contributed by atoms with Crippen molar-refractivity contribution in [1.29, 1.82) is 0 Å². The molecule has 0 bridgehead atoms. The lowest BCUT2D eigenvalue weighted by Crippen LogP contribution is -2.36. The number of rotatable bonds is 14. The lowest BCUT2D eigenvalue weighted by Gasteiger charge is -2.29. The minimum Gasteiger partial charge on any atom is -0.496 e. The summed E-state index contributed by atoms with van der Waals surface area (Å²) in [7, 11) is 1.55. The first-order valence-electron chi connectivity index (χ1n) is 16.6. The Labute approximate surface area is 324 Å². The van der Waals surface area contributed by atoms with E-state index < -0.39 is 24.3 Å². The number of urea groups is 1. The minimum atomic E-state index is -5.08. The molecule has 1 aromatic heterocycles. The number of alkyl halides is 3. The van der Waals surface area contributed by atoms with Crippen LogP contribution in [0.3, 0.4) is 0 Å². The van der Waals surface area contributed by atoms with Gasteiger partial charge in [0.2, 0.25) is 0 Å². The second kappa shape index (κ2) is 25.3. The summed E-state index contributed by atoms with van der Waals surface area (Å²) in [5.74, 6) is -0.396. The molecule has 0 radical (unpaired) electrons. The van der Waals surface area contributed by atoms with Gasteiger partial charge in [-0.2, -0.15) is 13.2 Å². The molecule has 5 rings (SSSR count). The summed E-state index contributed by atoms with van der Waals surface area (Å²) >= 11 is 0. The Morgan fingerprint density at radius 2 is 1.56 bits per heavy atom. The van der Waals surface area contributed by atoms with Gasteiger partial charge in [0.1, 0.15) is 11.9 Å². The highest BCUT2D eigenvalue weighted by Crippen LogP contribution is 2.33. The van der Waals surface area contributed by atoms with Crippen molar-refractivity contribution in [3.05, 3.63) is 96.5 Å². The van der Waals surface area contributed by atoms with E-state index in [2.05, 4.69) is 39.7 Å². The van der Waals surface area contributed by atoms with Crippen molar-refractivity contribution in [3.8, 4) is 17.1 Å². The number of ether oxygens (including phenoxy) is 2. The number of carboxylic acids is 1. The highest BCUT2D eigenvalue weighted by atomic mass is 19.4. The molecule has 4 aromatic rings. The second-order valence-corrected chi connectivity index (χ2v) is 12.6. The van der Waals surface area contributed by atoms with Gasteiger partial charge >= 0.3 is 24.3 Å². The predicted molar refractivity (Wildman–Crippen MR) is 203 cm³/mol. The number of methoxy groups -OCH3 is 1. The molecule has 1 saturated carbocycles. The Morgan fingerprint density at radius 3 is 2.11 bits per heavy atom. The number of nitrogens with one attached hydrogen (secondary N) is 3. The summed E-state index contributed by atoms with van der Waals surface area (Å²) in [5.41, 5.74) is 3.64. The van der Waals surface area contributed by atoms with Gasteiger partial charge in [-0.05, 0) is 60.1 Å². The lowest BCUT2D eigenvalue weighted by molar-refractivity contribution is -0.192. The summed E-state index contributed by atoms with van der Waals surface area (Å²) in [6.45, 7) is 7.31. The van der Waals surface area contributed by atoms with E-state index >= 15 is 0 Å². The van der Waals surface area contributed by atoms with E-state index in [-0.39, 0.29) is 37.7 Å². The molecule has 3 aromatic carbocycles. The fraction of sp³-hybridized carbons (Fsp3) is 0.351. The number of carboxylic acid groups (broad SMARTS) is 1. The van der Waals surface area contributed by atoms with Crippen molar-refractivity contribution in [1.82, 2.24) is 15.2 Å². The van der Waals surface area contributed by atoms with Gasteiger partial charge in [-0.1, -0.05) is 56.3 Å². The van der Waals surface area contributed by atoms with Crippen LogP contribution in [-0.2, 0) is 16.1 Å². The molecule has 20 heteroatoms. The standard InChI is InChI=1S/C35H41N5O5.C2HF3O2.3FH.2H2O/c1-24(2)20-40(21-25-12-13-25)22-33(27-9-5-4-6-10-27)45-35(42)37-18-26-8-7-11-28(16-26)38-34(41)39-29-14-15-30(31(17-29)43-3)32-19-36-23-44-32;3-2(4,5)1(6)7;;;;;/h4-11,14-17,19,23-25,33H,12-13,18,20-22H2,1-3H3,(H,37,42)(H2,38,39,41);(H,6,7);3*1H;2*1H2. The Hall–Kier alpha value is -5.86. The van der Waals surface area contributed by atoms with Crippen LogP contribution in [0, 0.1) is 11.8 Å². The van der Waals surface area contributed by atoms with Crippen molar-refractivity contribution >= 4 is 29.5 Å². The van der Waals surface area contributed by atoms with Gasteiger partial charge in [-0.25, -0.2) is 19.4 Å². The highest BCUT2D eigenvalue weighted by molar-refractivity contribution is 6.00. The quantitative estimate of drug-likeness (QED) is 0.0985. The Kier molecular flexibility index (Phi) is 23.7. The van der Waals surface area contributed by atoms with Crippen molar-refractivity contribution in [2.75, 3.05) is 37.4 Å². The Bertz CT molecular complexity index is 1760. The number of carbonyl (C=O) groups excluding carboxylic acids is 2. The van der Waals surface area contributed by atoms with E-state index in [1.54, 1.807) is 37.6 Å². The SMILES string of the molecule is COc1cc(NC(=O)Nc2cccc(CNC(=O)OC(CN(CC(C)C)CC3CC3)c3ccccc3)c2)ccc1-c1cnco1.F.F.F.O.O.O=C(O)C(F)(F)F. The number of hydrogen-bond acceptors (Lipinski definition) is 8. The van der Waals surface area contributed by atoms with Gasteiger partial charge in [0.25, 0.3) is 0 Å². The molecule has 1 aliphatic rings. The van der Waals surface area contributed by atoms with Crippen LogP contribution in [0.2, 0.25) is 0 Å². The third kappa shape index (κ3) is 18.1. The number of nitrogens with zero attached hydrogens (tertiary/aromatic N) is 2. The van der Waals surface area contributed by atoms with Crippen LogP contribution in [0.15, 0.2) is 89.8 Å². The number of halogens is 6. The maximum Gasteiger partial charge on any atom is 0.490 e. The molecule has 14 nitrogen and oxygen atoms in total. The van der Waals surface area contributed by atoms with Crippen molar-refractivity contribution in [2.45, 2.75) is 45.5 Å². The number of amides is 3. The highest BCUT2D eigenvalue weighted by Gasteiger charge is 2.38. The van der Waals surface area contributed by atoms with Crippen LogP contribution >= 0.6 is 0 Å². The van der Waals surface area contributed by atoms with E-state index in [0.717, 1.165) is 35.7 Å². The smallest absolute Gasteiger partial charge is 0.490 e. The number of alkyl carbamates (subject to hydrolysis) is 1. The third-order valence-electron chi connectivity index (χ3n) is 7.70. The second-order valence-electron chi connectivity index (χ2n) is 12.6. The zero-order valence-corrected chi connectivity index (χ0v) is 31.2. The first-order valence-corrected chi connectivity index (χ1v) is 16.6. The first kappa shape index (κ1) is 53.2. The summed E-state index contributed by atoms with van der Waals surface area (Å²) in [5, 5.41) is 15.7. The zero-order chi connectivity index (χ0) is 37.7. The van der Waals surface area contributed by atoms with Gasteiger partial charge in [0.15, 0.2) is 12.2 Å². The van der Waals surface area contributed by atoms with E-state index in [0.29, 0.717) is 35.3 Å². The molecule has 57 heavy (non-hydrogen) atoms. The van der Waals surface area contributed by atoms with E-state index in [1.165, 1.54) is 19.2 Å². The normalized spacial score (nSPS) is 11.9. The summed E-state index contributed by atoms with van der Waals surface area (Å²) in [6.07, 6.45) is -0.469. The van der Waals surface area contributed by atoms with Crippen LogP contribution < -0.4 is 20.7 Å². The minimum absolute atomic E-state index is 0. The first-order chi connectivity index (χ1) is 24.8. The predicted octanol–water partition coefficient (Wildman–Crippen LogP) is 6.77. The third-order valence-corrected chi connectivity index (χ3v) is 7.70. The maximum atomic E-state index is 13.0. The lowest BCUT2D eigenvalue weighted by atomic mass is 10.1. The molecule has 0 spiro atoms. The molecular weight excluding hydrogens is 772 g/mol. The summed E-state index contributed by atoms with van der Waals surface area (Å²) in [6, 6.07) is 22.0. The van der Waals surface area contributed by atoms with Gasteiger partial charge < -0.3 is 45.9 Å². The fourth-order valence-electron chi connectivity index (χ4n) is 5.24. The van der Waals surface area contributed by atoms with Gasteiger partial charge in [0, 0.05) is 43.6 Å². The van der Waals surface area contributed by atoms with E-state index in [9.17, 15) is 22.8 Å². The van der Waals surface area contributed by atoms with Crippen LogP contribution in [0.25, 0.3) is 11.3 Å². The topological polar surface area (TPSA) is 218 Å². The zero-order valence-electron chi connectivity index (χ0n) is 31.2. The molecule has 1 aliphatic carbocycles. The van der Waals surface area contributed by atoms with E-state index in [1.807, 2.05) is 48.5 Å². The van der Waals surface area contributed by atoms with Crippen LogP contribution in [0.4, 0.5) is 48.2 Å². The molecule has 3 amide bonds. The largest absolute Gasteiger partial charge is 0.496 e. The average molecular weight is 822 g/mol. The maximum absolute atomic E-state index is 13.0. The summed E-state index contributed by atoms with van der Waals surface area (Å²) in [4.78, 5) is 41.0. The monoisotopic (exact) mass is 821 g/mol. The molecule has 1 heterocycles. The van der Waals surface area contributed by atoms with Crippen molar-refractivity contribution < 1.29 is 71.6 Å². The number of carbonyl (C=O) groups is 3. The molecular formula is C37H49F6N5O9. The van der Waals surface area contributed by atoms with Crippen molar-refractivity contribution in [2.24, 2.45) is 11.8 Å². The van der Waals surface area contributed by atoms with E-state index in [4.69, 9.17) is 23.8 Å². The Balaban J connectivity index is 0. The number of benzene rings is 3. The fourth-order valence-corrected chi connectivity index (χ4v) is 5.24. The van der Waals surface area contributed by atoms with Crippen LogP contribution in [0.1, 0.15) is 43.9 Å². The number of hydrogen-bond donors (Lipinski definition) is 4. The summed E-state index contributed by atoms with van der Waals surface area (Å²) < 4.78 is 48.6. The molecule has 8 N–H and O–H groups in total. The molecule has 318 valence electrons. The Morgan fingerprint density at radius 1 is 0.930 bits per heavy atom. The average Bonchev–Trinajstić information content (AvgIpc) is 3.74. The molecule has 1 unspecified atom stereocenters. The van der Waals surface area contributed by atoms with Crippen molar-refractivity contribution in [3.63, 3.8) is 0 Å². The van der Waals surface area contributed by atoms with Crippen LogP contribution in [-0.4, -0.2) is 77.0 Å². The molecule has 0 aliphatic heterocycles.